The lowest BCUT2D eigenvalue weighted by atomic mass is 10.0. The van der Waals surface area contributed by atoms with Gasteiger partial charge in [-0.2, -0.15) is 0 Å². The Morgan fingerprint density at radius 2 is 1.90 bits per heavy atom. The first-order chi connectivity index (χ1) is 10.2. The van der Waals surface area contributed by atoms with E-state index in [9.17, 15) is 0 Å². The molecule has 2 aromatic carbocycles. The third-order valence-electron chi connectivity index (χ3n) is 3.74. The summed E-state index contributed by atoms with van der Waals surface area (Å²) in [5, 5.41) is 0. The molecule has 0 saturated carbocycles. The lowest BCUT2D eigenvalue weighted by molar-refractivity contribution is 0.414. The number of methoxy groups -OCH3 is 1. The second kappa shape index (κ2) is 7.14. The molecule has 0 aromatic heterocycles. The fourth-order valence-corrected chi connectivity index (χ4v) is 2.50. The molecule has 0 spiro atoms. The van der Waals surface area contributed by atoms with E-state index in [0.717, 1.165) is 18.7 Å². The molecule has 2 aromatic rings. The van der Waals surface area contributed by atoms with Crippen LogP contribution in [0.3, 0.4) is 0 Å². The van der Waals surface area contributed by atoms with E-state index < -0.39 is 0 Å². The van der Waals surface area contributed by atoms with E-state index >= 15 is 0 Å². The number of ether oxygens (including phenoxy) is 1. The van der Waals surface area contributed by atoms with Crippen molar-refractivity contribution in [1.82, 2.24) is 0 Å². The van der Waals surface area contributed by atoms with Gasteiger partial charge in [-0.25, -0.2) is 0 Å². The molecule has 0 aliphatic rings. The SMILES string of the molecule is CCC(N)c1ccccc1N(C)Cc1cccc(OC)c1. The predicted molar refractivity (Wildman–Crippen MR) is 88.8 cm³/mol. The van der Waals surface area contributed by atoms with Crippen LogP contribution in [0.1, 0.15) is 30.5 Å². The van der Waals surface area contributed by atoms with Crippen LogP contribution in [0.4, 0.5) is 5.69 Å². The molecule has 1 unspecified atom stereocenters. The number of benzene rings is 2. The van der Waals surface area contributed by atoms with Crippen LogP contribution in [0.15, 0.2) is 48.5 Å². The van der Waals surface area contributed by atoms with Gasteiger partial charge in [0, 0.05) is 25.3 Å². The molecule has 3 heteroatoms. The minimum Gasteiger partial charge on any atom is -0.497 e. The maximum absolute atomic E-state index is 6.23. The maximum Gasteiger partial charge on any atom is 0.119 e. The molecule has 0 radical (unpaired) electrons. The van der Waals surface area contributed by atoms with Crippen molar-refractivity contribution in [2.45, 2.75) is 25.9 Å². The fourth-order valence-electron chi connectivity index (χ4n) is 2.50. The van der Waals surface area contributed by atoms with Crippen LogP contribution in [-0.4, -0.2) is 14.2 Å². The average molecular weight is 284 g/mol. The normalized spacial score (nSPS) is 12.0. The second-order valence-corrected chi connectivity index (χ2v) is 5.28. The van der Waals surface area contributed by atoms with Crippen molar-refractivity contribution in [2.75, 3.05) is 19.1 Å². The van der Waals surface area contributed by atoms with Gasteiger partial charge in [0.15, 0.2) is 0 Å². The Hall–Kier alpha value is -2.00. The largest absolute Gasteiger partial charge is 0.497 e. The molecule has 1 atom stereocenters. The molecule has 2 rings (SSSR count). The molecule has 0 heterocycles. The summed E-state index contributed by atoms with van der Waals surface area (Å²) in [7, 11) is 3.79. The summed E-state index contributed by atoms with van der Waals surface area (Å²) >= 11 is 0. The molecule has 21 heavy (non-hydrogen) atoms. The van der Waals surface area contributed by atoms with Gasteiger partial charge in [0.05, 0.1) is 7.11 Å². The van der Waals surface area contributed by atoms with Crippen LogP contribution in [0.5, 0.6) is 5.75 Å². The number of rotatable bonds is 6. The Kier molecular flexibility index (Phi) is 5.23. The second-order valence-electron chi connectivity index (χ2n) is 5.28. The topological polar surface area (TPSA) is 38.5 Å². The monoisotopic (exact) mass is 284 g/mol. The number of hydrogen-bond acceptors (Lipinski definition) is 3. The van der Waals surface area contributed by atoms with Crippen LogP contribution in [0.25, 0.3) is 0 Å². The number of nitrogens with two attached hydrogens (primary N) is 1. The number of para-hydroxylation sites is 1. The molecule has 0 bridgehead atoms. The van der Waals surface area contributed by atoms with Crippen LogP contribution >= 0.6 is 0 Å². The number of nitrogens with zero attached hydrogens (tertiary/aromatic N) is 1. The molecule has 0 fully saturated rings. The third-order valence-corrected chi connectivity index (χ3v) is 3.74. The van der Waals surface area contributed by atoms with Crippen LogP contribution in [-0.2, 0) is 6.54 Å². The standard InChI is InChI=1S/C18H24N2O/c1-4-17(19)16-10-5-6-11-18(16)20(2)13-14-8-7-9-15(12-14)21-3/h5-12,17H,4,13,19H2,1-3H3. The zero-order valence-corrected chi connectivity index (χ0v) is 13.0. The fraction of sp³-hybridized carbons (Fsp3) is 0.333. The number of anilines is 1. The van der Waals surface area contributed by atoms with Gasteiger partial charge in [0.25, 0.3) is 0 Å². The zero-order chi connectivity index (χ0) is 15.2. The Labute approximate surface area is 127 Å². The van der Waals surface area contributed by atoms with Gasteiger partial charge in [-0.15, -0.1) is 0 Å². The van der Waals surface area contributed by atoms with Crippen molar-refractivity contribution in [3.8, 4) is 5.75 Å². The summed E-state index contributed by atoms with van der Waals surface area (Å²) in [5.74, 6) is 0.888. The van der Waals surface area contributed by atoms with E-state index in [1.165, 1.54) is 16.8 Å². The van der Waals surface area contributed by atoms with Crippen molar-refractivity contribution < 1.29 is 4.74 Å². The van der Waals surface area contributed by atoms with Crippen molar-refractivity contribution in [3.63, 3.8) is 0 Å². The quantitative estimate of drug-likeness (QED) is 0.878. The smallest absolute Gasteiger partial charge is 0.119 e. The number of hydrogen-bond donors (Lipinski definition) is 1. The third kappa shape index (κ3) is 3.76. The van der Waals surface area contributed by atoms with Gasteiger partial charge < -0.3 is 15.4 Å². The van der Waals surface area contributed by atoms with E-state index in [-0.39, 0.29) is 6.04 Å². The van der Waals surface area contributed by atoms with Crippen LogP contribution in [0, 0.1) is 0 Å². The Balaban J connectivity index is 2.22. The molecule has 112 valence electrons. The summed E-state index contributed by atoms with van der Waals surface area (Å²) in [5.41, 5.74) is 9.83. The van der Waals surface area contributed by atoms with Gasteiger partial charge in [-0.05, 0) is 35.7 Å². The van der Waals surface area contributed by atoms with Crippen molar-refractivity contribution in [2.24, 2.45) is 5.73 Å². The Morgan fingerprint density at radius 3 is 2.62 bits per heavy atom. The summed E-state index contributed by atoms with van der Waals surface area (Å²) < 4.78 is 5.28. The summed E-state index contributed by atoms with van der Waals surface area (Å²) in [6.07, 6.45) is 0.935. The first-order valence-corrected chi connectivity index (χ1v) is 7.34. The maximum atomic E-state index is 6.23. The van der Waals surface area contributed by atoms with Crippen molar-refractivity contribution in [3.05, 3.63) is 59.7 Å². The van der Waals surface area contributed by atoms with Gasteiger partial charge in [-0.3, -0.25) is 0 Å². The molecule has 0 aliphatic heterocycles. The summed E-state index contributed by atoms with van der Waals surface area (Å²) in [4.78, 5) is 2.24. The van der Waals surface area contributed by atoms with E-state index in [1.807, 2.05) is 18.2 Å². The molecule has 0 saturated heterocycles. The molecule has 0 aliphatic carbocycles. The highest BCUT2D eigenvalue weighted by molar-refractivity contribution is 5.54. The van der Waals surface area contributed by atoms with Gasteiger partial charge >= 0.3 is 0 Å². The van der Waals surface area contributed by atoms with Crippen LogP contribution in [0.2, 0.25) is 0 Å². The van der Waals surface area contributed by atoms with Crippen molar-refractivity contribution >= 4 is 5.69 Å². The van der Waals surface area contributed by atoms with Crippen LogP contribution < -0.4 is 15.4 Å². The van der Waals surface area contributed by atoms with E-state index in [2.05, 4.69) is 49.2 Å². The Bertz CT molecular complexity index is 583. The minimum absolute atomic E-state index is 0.0777. The lowest BCUT2D eigenvalue weighted by Gasteiger charge is -2.25. The lowest BCUT2D eigenvalue weighted by Crippen LogP contribution is -2.20. The first-order valence-electron chi connectivity index (χ1n) is 7.34. The minimum atomic E-state index is 0.0777. The highest BCUT2D eigenvalue weighted by Crippen LogP contribution is 2.27. The summed E-state index contributed by atoms with van der Waals surface area (Å²) in [6.45, 7) is 2.94. The van der Waals surface area contributed by atoms with Crippen molar-refractivity contribution in [1.29, 1.82) is 0 Å². The molecule has 2 N–H and O–H groups in total. The highest BCUT2D eigenvalue weighted by atomic mass is 16.5. The average Bonchev–Trinajstić information content (AvgIpc) is 2.54. The van der Waals surface area contributed by atoms with Gasteiger partial charge in [0.1, 0.15) is 5.75 Å². The van der Waals surface area contributed by atoms with E-state index in [4.69, 9.17) is 10.5 Å². The molecular formula is C18H24N2O. The molecule has 0 amide bonds. The highest BCUT2D eigenvalue weighted by Gasteiger charge is 2.12. The zero-order valence-electron chi connectivity index (χ0n) is 13.0. The molecular weight excluding hydrogens is 260 g/mol. The van der Waals surface area contributed by atoms with E-state index in [0.29, 0.717) is 0 Å². The Morgan fingerprint density at radius 1 is 1.14 bits per heavy atom. The van der Waals surface area contributed by atoms with Gasteiger partial charge in [-0.1, -0.05) is 37.3 Å². The summed E-state index contributed by atoms with van der Waals surface area (Å²) in [6, 6.07) is 16.6. The molecule has 3 nitrogen and oxygen atoms in total. The van der Waals surface area contributed by atoms with E-state index in [1.54, 1.807) is 7.11 Å². The predicted octanol–water partition coefficient (Wildman–Crippen LogP) is 3.74. The van der Waals surface area contributed by atoms with Gasteiger partial charge in [0.2, 0.25) is 0 Å². The first kappa shape index (κ1) is 15.4.